The summed E-state index contributed by atoms with van der Waals surface area (Å²) < 4.78 is 5.26. The number of likely N-dealkylation sites (N-methyl/N-ethyl adjacent to an activating group) is 1. The van der Waals surface area contributed by atoms with E-state index >= 15 is 0 Å². The van der Waals surface area contributed by atoms with E-state index < -0.39 is 0 Å². The van der Waals surface area contributed by atoms with Crippen LogP contribution in [-0.2, 0) is 6.54 Å². The monoisotopic (exact) mass is 482 g/mol. The van der Waals surface area contributed by atoms with Crippen molar-refractivity contribution in [2.75, 3.05) is 41.8 Å². The summed E-state index contributed by atoms with van der Waals surface area (Å²) in [4.78, 5) is 8.77. The molecule has 1 unspecified atom stereocenters. The van der Waals surface area contributed by atoms with Crippen molar-refractivity contribution in [3.05, 3.63) is 65.7 Å². The zero-order valence-electron chi connectivity index (χ0n) is 16.8. The number of hydrogen-bond acceptors (Lipinski definition) is 3. The predicted molar refractivity (Wildman–Crippen MR) is 124 cm³/mol. The molecular weight excluding hydrogens is 451 g/mol. The van der Waals surface area contributed by atoms with Gasteiger partial charge in [0.2, 0.25) is 0 Å². The lowest BCUT2D eigenvalue weighted by Crippen LogP contribution is -2.42. The van der Waals surface area contributed by atoms with Crippen molar-refractivity contribution in [1.29, 1.82) is 0 Å². The Balaban J connectivity index is 0.00000364. The molecule has 0 spiro atoms. The average molecular weight is 482 g/mol. The Morgan fingerprint density at radius 2 is 1.67 bits per heavy atom. The van der Waals surface area contributed by atoms with Crippen LogP contribution in [0.1, 0.15) is 17.2 Å². The second-order valence-corrected chi connectivity index (χ2v) is 6.52. The third-order valence-electron chi connectivity index (χ3n) is 4.41. The second kappa shape index (κ2) is 11.8. The van der Waals surface area contributed by atoms with E-state index in [1.807, 2.05) is 25.2 Å². The number of methoxy groups -OCH3 is 1. The molecule has 1 N–H and O–H groups in total. The first-order valence-corrected chi connectivity index (χ1v) is 8.81. The molecule has 0 aromatic heterocycles. The number of nitrogens with one attached hydrogen (secondary N) is 1. The van der Waals surface area contributed by atoms with E-state index in [0.717, 1.165) is 24.8 Å². The summed E-state index contributed by atoms with van der Waals surface area (Å²) in [6.07, 6.45) is 0. The first-order valence-electron chi connectivity index (χ1n) is 8.81. The first-order chi connectivity index (χ1) is 12.5. The first kappa shape index (κ1) is 23.2. The van der Waals surface area contributed by atoms with Crippen LogP contribution in [0.2, 0.25) is 0 Å². The fraction of sp³-hybridized carbons (Fsp3) is 0.381. The van der Waals surface area contributed by atoms with Crippen molar-refractivity contribution in [2.24, 2.45) is 4.99 Å². The molecule has 0 saturated carbocycles. The van der Waals surface area contributed by atoms with Crippen LogP contribution in [0, 0.1) is 0 Å². The van der Waals surface area contributed by atoms with Crippen LogP contribution in [0.5, 0.6) is 5.75 Å². The smallest absolute Gasteiger partial charge is 0.193 e. The number of benzene rings is 2. The van der Waals surface area contributed by atoms with E-state index in [-0.39, 0.29) is 30.0 Å². The van der Waals surface area contributed by atoms with E-state index in [1.165, 1.54) is 11.1 Å². The Hall–Kier alpha value is -1.80. The van der Waals surface area contributed by atoms with E-state index in [1.54, 1.807) is 7.11 Å². The quantitative estimate of drug-likeness (QED) is 0.372. The van der Waals surface area contributed by atoms with Crippen molar-refractivity contribution in [3.63, 3.8) is 0 Å². The van der Waals surface area contributed by atoms with E-state index in [9.17, 15) is 0 Å². The van der Waals surface area contributed by atoms with Crippen molar-refractivity contribution < 1.29 is 4.74 Å². The molecule has 5 nitrogen and oxygen atoms in total. The van der Waals surface area contributed by atoms with Gasteiger partial charge in [0.05, 0.1) is 13.2 Å². The Kier molecular flexibility index (Phi) is 10.2. The molecule has 0 saturated heterocycles. The Labute approximate surface area is 180 Å². The molecule has 0 bridgehead atoms. The van der Waals surface area contributed by atoms with Gasteiger partial charge in [0.15, 0.2) is 5.96 Å². The highest BCUT2D eigenvalue weighted by Crippen LogP contribution is 2.20. The molecule has 2 rings (SSSR count). The van der Waals surface area contributed by atoms with Crippen LogP contribution >= 0.6 is 24.0 Å². The van der Waals surface area contributed by atoms with Crippen LogP contribution in [0.3, 0.4) is 0 Å². The predicted octanol–water partition coefficient (Wildman–Crippen LogP) is 3.62. The van der Waals surface area contributed by atoms with Crippen LogP contribution in [-0.4, -0.2) is 57.6 Å². The fourth-order valence-electron chi connectivity index (χ4n) is 2.93. The van der Waals surface area contributed by atoms with Crippen LogP contribution in [0.15, 0.2) is 59.6 Å². The second-order valence-electron chi connectivity index (χ2n) is 6.52. The Morgan fingerprint density at radius 1 is 1.04 bits per heavy atom. The van der Waals surface area contributed by atoms with Crippen molar-refractivity contribution in [3.8, 4) is 5.75 Å². The molecule has 27 heavy (non-hydrogen) atoms. The highest BCUT2D eigenvalue weighted by molar-refractivity contribution is 14.0. The van der Waals surface area contributed by atoms with Crippen LogP contribution in [0.25, 0.3) is 0 Å². The molecular formula is C21H31IN4O. The molecule has 6 heteroatoms. The van der Waals surface area contributed by atoms with Gasteiger partial charge >= 0.3 is 0 Å². The van der Waals surface area contributed by atoms with E-state index in [2.05, 4.69) is 77.7 Å². The number of rotatable bonds is 7. The standard InChI is InChI=1S/C21H30N4O.HI/c1-22-21(25(4)16-17-9-7-6-8-10-17)23-15-20(24(2)3)18-11-13-19(26-5)14-12-18;/h6-14,20H,15-16H2,1-5H3,(H,22,23);1H. The minimum absolute atomic E-state index is 0. The molecule has 0 radical (unpaired) electrons. The van der Waals surface area contributed by atoms with Crippen molar-refractivity contribution >= 4 is 29.9 Å². The number of aliphatic imine (C=N–C) groups is 1. The normalized spacial score (nSPS) is 12.3. The average Bonchev–Trinajstić information content (AvgIpc) is 2.66. The largest absolute Gasteiger partial charge is 0.497 e. The fourth-order valence-corrected chi connectivity index (χ4v) is 2.93. The maximum atomic E-state index is 5.26. The topological polar surface area (TPSA) is 40.1 Å². The summed E-state index contributed by atoms with van der Waals surface area (Å²) in [6, 6.07) is 18.9. The zero-order valence-corrected chi connectivity index (χ0v) is 19.2. The van der Waals surface area contributed by atoms with Gasteiger partial charge < -0.3 is 19.9 Å². The number of halogens is 1. The highest BCUT2D eigenvalue weighted by atomic mass is 127. The number of ether oxygens (including phenoxy) is 1. The number of guanidine groups is 1. The van der Waals surface area contributed by atoms with Gasteiger partial charge in [-0.1, -0.05) is 42.5 Å². The van der Waals surface area contributed by atoms with E-state index in [0.29, 0.717) is 0 Å². The van der Waals surface area contributed by atoms with Gasteiger partial charge in [0.25, 0.3) is 0 Å². The van der Waals surface area contributed by atoms with Gasteiger partial charge in [-0.2, -0.15) is 0 Å². The summed E-state index contributed by atoms with van der Waals surface area (Å²) in [5.41, 5.74) is 2.50. The molecule has 148 valence electrons. The Bertz CT molecular complexity index is 689. The summed E-state index contributed by atoms with van der Waals surface area (Å²) in [6.45, 7) is 1.58. The molecule has 0 amide bonds. The summed E-state index contributed by atoms with van der Waals surface area (Å²) >= 11 is 0. The molecule has 0 heterocycles. The highest BCUT2D eigenvalue weighted by Gasteiger charge is 2.16. The zero-order chi connectivity index (χ0) is 18.9. The molecule has 2 aromatic carbocycles. The van der Waals surface area contributed by atoms with Gasteiger partial charge in [-0.05, 0) is 37.4 Å². The van der Waals surface area contributed by atoms with Crippen molar-refractivity contribution in [2.45, 2.75) is 12.6 Å². The molecule has 0 aliphatic heterocycles. The summed E-state index contributed by atoms with van der Waals surface area (Å²) in [7, 11) is 9.74. The van der Waals surface area contributed by atoms with Gasteiger partial charge in [-0.3, -0.25) is 4.99 Å². The Morgan fingerprint density at radius 3 is 2.19 bits per heavy atom. The molecule has 1 atom stereocenters. The third kappa shape index (κ3) is 7.03. The summed E-state index contributed by atoms with van der Waals surface area (Å²) in [5, 5.41) is 3.50. The minimum atomic E-state index is 0. The lowest BCUT2D eigenvalue weighted by Gasteiger charge is -2.28. The minimum Gasteiger partial charge on any atom is -0.497 e. The van der Waals surface area contributed by atoms with Crippen LogP contribution in [0.4, 0.5) is 0 Å². The van der Waals surface area contributed by atoms with Gasteiger partial charge in [-0.25, -0.2) is 0 Å². The molecule has 0 aliphatic carbocycles. The van der Waals surface area contributed by atoms with Crippen LogP contribution < -0.4 is 10.1 Å². The van der Waals surface area contributed by atoms with E-state index in [4.69, 9.17) is 4.74 Å². The number of hydrogen-bond donors (Lipinski definition) is 1. The summed E-state index contributed by atoms with van der Waals surface area (Å²) in [5.74, 6) is 1.76. The SMILES string of the molecule is CN=C(NCC(c1ccc(OC)cc1)N(C)C)N(C)Cc1ccccc1.I. The maximum Gasteiger partial charge on any atom is 0.193 e. The van der Waals surface area contributed by atoms with Crippen molar-refractivity contribution in [1.82, 2.24) is 15.1 Å². The van der Waals surface area contributed by atoms with Gasteiger partial charge in [0.1, 0.15) is 5.75 Å². The third-order valence-corrected chi connectivity index (χ3v) is 4.41. The molecule has 2 aromatic rings. The maximum absolute atomic E-state index is 5.26. The lowest BCUT2D eigenvalue weighted by atomic mass is 10.1. The lowest BCUT2D eigenvalue weighted by molar-refractivity contribution is 0.295. The molecule has 0 fully saturated rings. The van der Waals surface area contributed by atoms with Gasteiger partial charge in [0, 0.05) is 27.2 Å². The number of nitrogens with zero attached hydrogens (tertiary/aromatic N) is 3. The van der Waals surface area contributed by atoms with Gasteiger partial charge in [-0.15, -0.1) is 24.0 Å². The molecule has 0 aliphatic rings.